The van der Waals surface area contributed by atoms with Gasteiger partial charge in [-0.1, -0.05) is 43.2 Å². The molecule has 0 radical (unpaired) electrons. The highest BCUT2D eigenvalue weighted by Crippen LogP contribution is 2.40. The van der Waals surface area contributed by atoms with E-state index in [4.69, 9.17) is 9.72 Å². The highest BCUT2D eigenvalue weighted by molar-refractivity contribution is 5.79. The first-order valence-corrected chi connectivity index (χ1v) is 15.9. The number of rotatable bonds is 8. The van der Waals surface area contributed by atoms with Crippen molar-refractivity contribution in [1.82, 2.24) is 14.5 Å². The topological polar surface area (TPSA) is 80.5 Å². The Balaban J connectivity index is 1.19. The molecule has 0 unspecified atom stereocenters. The summed E-state index contributed by atoms with van der Waals surface area (Å²) in [7, 11) is 0. The highest BCUT2D eigenvalue weighted by Gasteiger charge is 2.36. The van der Waals surface area contributed by atoms with Gasteiger partial charge in [0.05, 0.1) is 34.7 Å². The van der Waals surface area contributed by atoms with Crippen molar-refractivity contribution in [2.45, 2.75) is 63.5 Å². The van der Waals surface area contributed by atoms with Crippen molar-refractivity contribution in [2.24, 2.45) is 5.92 Å². The van der Waals surface area contributed by atoms with Gasteiger partial charge in [0.2, 0.25) is 0 Å². The van der Waals surface area contributed by atoms with Crippen molar-refractivity contribution in [2.75, 3.05) is 18.0 Å². The van der Waals surface area contributed by atoms with Gasteiger partial charge in [-0.25, -0.2) is 23.1 Å². The molecule has 2 aliphatic rings. The first-order valence-electron chi connectivity index (χ1n) is 15.9. The van der Waals surface area contributed by atoms with Crippen LogP contribution in [0.5, 0.6) is 5.75 Å². The Kier molecular flexibility index (Phi) is 8.04. The predicted octanol–water partition coefficient (Wildman–Crippen LogP) is 7.94. The zero-order valence-electron chi connectivity index (χ0n) is 25.3. The molecular weight excluding hydrogens is 593 g/mol. The SMILES string of the molecule is O=C(O)[C@H]1CCCC[C@H]1c1nc2cc(OCc3ccc4ccccc4n3)ccc2n1Cc1ccc(N2CCC(F)(F)CC2)cc1F. The number of benzene rings is 3. The van der Waals surface area contributed by atoms with E-state index in [1.807, 2.05) is 59.2 Å². The molecule has 10 heteroatoms. The van der Waals surface area contributed by atoms with Crippen LogP contribution in [0.15, 0.2) is 72.8 Å². The van der Waals surface area contributed by atoms with Crippen molar-refractivity contribution in [1.29, 1.82) is 0 Å². The summed E-state index contributed by atoms with van der Waals surface area (Å²) in [6.45, 7) is 0.753. The van der Waals surface area contributed by atoms with Gasteiger partial charge in [-0.15, -0.1) is 0 Å². The number of alkyl halides is 2. The number of hydrogen-bond acceptors (Lipinski definition) is 5. The van der Waals surface area contributed by atoms with Crippen LogP contribution in [0, 0.1) is 11.7 Å². The van der Waals surface area contributed by atoms with Crippen molar-refractivity contribution in [3.05, 3.63) is 95.7 Å². The third-order valence-corrected chi connectivity index (χ3v) is 9.43. The number of imidazole rings is 1. The number of halogens is 3. The number of aliphatic carboxylic acids is 1. The van der Waals surface area contributed by atoms with E-state index in [-0.39, 0.29) is 45.0 Å². The van der Waals surface area contributed by atoms with Crippen LogP contribution in [0.25, 0.3) is 21.9 Å². The van der Waals surface area contributed by atoms with Gasteiger partial charge in [-0.05, 0) is 49.2 Å². The maximum atomic E-state index is 15.6. The monoisotopic (exact) mass is 628 g/mol. The lowest BCUT2D eigenvalue weighted by molar-refractivity contribution is -0.143. The van der Waals surface area contributed by atoms with Gasteiger partial charge in [-0.3, -0.25) is 4.79 Å². The number of pyridine rings is 1. The highest BCUT2D eigenvalue weighted by atomic mass is 19.3. The molecule has 1 saturated heterocycles. The summed E-state index contributed by atoms with van der Waals surface area (Å²) in [5.41, 5.74) is 4.06. The molecule has 1 saturated carbocycles. The Hall–Kier alpha value is -4.60. The molecule has 2 fully saturated rings. The smallest absolute Gasteiger partial charge is 0.307 e. The quantitative estimate of drug-likeness (QED) is 0.188. The van der Waals surface area contributed by atoms with Crippen LogP contribution in [0.4, 0.5) is 18.9 Å². The van der Waals surface area contributed by atoms with E-state index >= 15 is 4.39 Å². The van der Waals surface area contributed by atoms with Crippen LogP contribution < -0.4 is 9.64 Å². The second-order valence-electron chi connectivity index (χ2n) is 12.4. The Morgan fingerprint density at radius 1 is 0.935 bits per heavy atom. The minimum Gasteiger partial charge on any atom is -0.487 e. The fraction of sp³-hybridized carbons (Fsp3) is 0.361. The Morgan fingerprint density at radius 3 is 2.54 bits per heavy atom. The normalized spacial score (nSPS) is 19.8. The fourth-order valence-electron chi connectivity index (χ4n) is 6.87. The van der Waals surface area contributed by atoms with Gasteiger partial charge in [0.25, 0.3) is 5.92 Å². The number of hydrogen-bond donors (Lipinski definition) is 1. The zero-order chi connectivity index (χ0) is 31.8. The minimum absolute atomic E-state index is 0.153. The summed E-state index contributed by atoms with van der Waals surface area (Å²) >= 11 is 0. The number of anilines is 1. The number of carbonyl (C=O) groups is 1. The van der Waals surface area contributed by atoms with E-state index in [9.17, 15) is 18.7 Å². The number of carboxylic acids is 1. The molecule has 1 N–H and O–H groups in total. The largest absolute Gasteiger partial charge is 0.487 e. The molecule has 5 aromatic rings. The lowest BCUT2D eigenvalue weighted by Gasteiger charge is -2.33. The van der Waals surface area contributed by atoms with Crippen LogP contribution >= 0.6 is 0 Å². The summed E-state index contributed by atoms with van der Waals surface area (Å²) in [6.07, 6.45) is 2.47. The average molecular weight is 629 g/mol. The van der Waals surface area contributed by atoms with E-state index in [1.54, 1.807) is 17.0 Å². The molecule has 0 spiro atoms. The van der Waals surface area contributed by atoms with Crippen molar-refractivity contribution < 1.29 is 27.8 Å². The van der Waals surface area contributed by atoms with E-state index in [1.165, 1.54) is 6.07 Å². The Labute approximate surface area is 264 Å². The number of ether oxygens (including phenoxy) is 1. The zero-order valence-corrected chi connectivity index (χ0v) is 25.3. The molecule has 1 aliphatic carbocycles. The minimum atomic E-state index is -2.68. The van der Waals surface area contributed by atoms with Crippen LogP contribution in [0.3, 0.4) is 0 Å². The maximum absolute atomic E-state index is 15.6. The number of piperidine rings is 1. The van der Waals surface area contributed by atoms with Crippen molar-refractivity contribution >= 4 is 33.6 Å². The lowest BCUT2D eigenvalue weighted by atomic mass is 9.78. The third kappa shape index (κ3) is 6.12. The summed E-state index contributed by atoms with van der Waals surface area (Å²) in [4.78, 5) is 23.7. The number of carboxylic acid groups (broad SMARTS) is 1. The van der Waals surface area contributed by atoms with Gasteiger partial charge in [-0.2, -0.15) is 0 Å². The molecular formula is C36H35F3N4O3. The average Bonchev–Trinajstić information content (AvgIpc) is 3.41. The Bertz CT molecular complexity index is 1900. The van der Waals surface area contributed by atoms with E-state index in [0.717, 1.165) is 35.0 Å². The molecule has 3 heterocycles. The molecule has 0 bridgehead atoms. The van der Waals surface area contributed by atoms with Crippen LogP contribution in [0.1, 0.15) is 61.5 Å². The van der Waals surface area contributed by atoms with Crippen LogP contribution in [-0.2, 0) is 17.9 Å². The van der Waals surface area contributed by atoms with E-state index in [2.05, 4.69) is 4.98 Å². The van der Waals surface area contributed by atoms with Gasteiger partial charge < -0.3 is 19.3 Å². The lowest BCUT2D eigenvalue weighted by Crippen LogP contribution is -2.39. The predicted molar refractivity (Wildman–Crippen MR) is 170 cm³/mol. The standard InChI is InChI=1S/C36H35F3N4O3/c37-30-19-26(42-17-15-36(38,39)16-18-42)12-10-24(30)21-43-33-14-13-27(46-22-25-11-9-23-5-1-4-8-31(23)40-25)20-32(33)41-34(43)28-6-2-3-7-29(28)35(44)45/h1,4-5,8-14,19-20,28-29H,2-3,6-7,15-18,21-22H2,(H,44,45)/t28-,29+/m1/s1. The first kappa shape index (κ1) is 30.1. The molecule has 3 aromatic carbocycles. The van der Waals surface area contributed by atoms with Gasteiger partial charge in [0, 0.05) is 54.6 Å². The van der Waals surface area contributed by atoms with Crippen molar-refractivity contribution in [3.8, 4) is 5.75 Å². The maximum Gasteiger partial charge on any atom is 0.307 e. The molecule has 1 aliphatic heterocycles. The number of nitrogens with zero attached hydrogens (tertiary/aromatic N) is 4. The second kappa shape index (κ2) is 12.3. The Morgan fingerprint density at radius 2 is 1.74 bits per heavy atom. The van der Waals surface area contributed by atoms with Gasteiger partial charge >= 0.3 is 5.97 Å². The fourth-order valence-corrected chi connectivity index (χ4v) is 6.87. The summed E-state index contributed by atoms with van der Waals surface area (Å²) in [5, 5.41) is 11.1. The molecule has 238 valence electrons. The van der Waals surface area contributed by atoms with Gasteiger partial charge in [0.1, 0.15) is 24.0 Å². The first-order chi connectivity index (χ1) is 22.2. The van der Waals surface area contributed by atoms with Gasteiger partial charge in [0.15, 0.2) is 0 Å². The number of aromatic nitrogens is 3. The van der Waals surface area contributed by atoms with E-state index < -0.39 is 23.6 Å². The third-order valence-electron chi connectivity index (χ3n) is 9.43. The van der Waals surface area contributed by atoms with E-state index in [0.29, 0.717) is 41.2 Å². The molecule has 2 atom stereocenters. The molecule has 46 heavy (non-hydrogen) atoms. The molecule has 0 amide bonds. The molecule has 2 aromatic heterocycles. The van der Waals surface area contributed by atoms with Crippen LogP contribution in [-0.4, -0.2) is 44.6 Å². The summed E-state index contributed by atoms with van der Waals surface area (Å²) in [5.74, 6) is -3.65. The molecule has 7 nitrogen and oxygen atoms in total. The number of para-hydroxylation sites is 1. The molecule has 7 rings (SSSR count). The second-order valence-corrected chi connectivity index (χ2v) is 12.4. The van der Waals surface area contributed by atoms with Crippen LogP contribution in [0.2, 0.25) is 0 Å². The summed E-state index contributed by atoms with van der Waals surface area (Å²) < 4.78 is 51.0. The summed E-state index contributed by atoms with van der Waals surface area (Å²) in [6, 6.07) is 22.3. The van der Waals surface area contributed by atoms with Crippen molar-refractivity contribution in [3.63, 3.8) is 0 Å². The number of fused-ring (bicyclic) bond motifs is 2.